The van der Waals surface area contributed by atoms with Crippen molar-refractivity contribution in [3.8, 4) is 0 Å². The number of nitrogens with two attached hydrogens (primary N) is 1. The van der Waals surface area contributed by atoms with Crippen LogP contribution in [0.15, 0.2) is 12.4 Å². The van der Waals surface area contributed by atoms with Gasteiger partial charge in [-0.25, -0.2) is 9.97 Å². The largest absolute Gasteiger partial charge is 0.394 e. The number of morpholine rings is 1. The lowest BCUT2D eigenvalue weighted by Crippen LogP contribution is -2.48. The van der Waals surface area contributed by atoms with Crippen LogP contribution in [0.1, 0.15) is 0 Å². The van der Waals surface area contributed by atoms with Gasteiger partial charge in [-0.3, -0.25) is 0 Å². The van der Waals surface area contributed by atoms with Crippen molar-refractivity contribution < 1.29 is 9.84 Å². The first-order valence-electron chi connectivity index (χ1n) is 4.84. The van der Waals surface area contributed by atoms with E-state index in [0.29, 0.717) is 25.6 Å². The number of hydrogen-bond donors (Lipinski definition) is 2. The normalized spacial score (nSPS) is 21.7. The third-order valence-corrected chi connectivity index (χ3v) is 2.41. The highest BCUT2D eigenvalue weighted by atomic mass is 16.5. The predicted octanol–water partition coefficient (Wildman–Crippen LogP) is -0.744. The van der Waals surface area contributed by atoms with Crippen LogP contribution in [0.25, 0.3) is 0 Å². The Morgan fingerprint density at radius 1 is 1.60 bits per heavy atom. The highest BCUT2D eigenvalue weighted by Crippen LogP contribution is 2.17. The Labute approximate surface area is 87.7 Å². The summed E-state index contributed by atoms with van der Waals surface area (Å²) >= 11 is 0. The van der Waals surface area contributed by atoms with Crippen LogP contribution in [0, 0.1) is 0 Å². The Morgan fingerprint density at radius 2 is 2.47 bits per heavy atom. The molecule has 1 fully saturated rings. The van der Waals surface area contributed by atoms with Gasteiger partial charge in [-0.05, 0) is 0 Å². The Morgan fingerprint density at radius 3 is 3.20 bits per heavy atom. The fraction of sp³-hybridized carbons (Fsp3) is 0.556. The van der Waals surface area contributed by atoms with Gasteiger partial charge in [0.05, 0.1) is 25.9 Å². The summed E-state index contributed by atoms with van der Waals surface area (Å²) < 4.78 is 5.28. The van der Waals surface area contributed by atoms with Gasteiger partial charge in [0, 0.05) is 12.6 Å². The van der Waals surface area contributed by atoms with Crippen LogP contribution in [0.5, 0.6) is 0 Å². The van der Waals surface area contributed by atoms with Crippen molar-refractivity contribution in [2.45, 2.75) is 6.04 Å². The molecule has 1 aliphatic heterocycles. The van der Waals surface area contributed by atoms with E-state index in [1.807, 2.05) is 4.90 Å². The molecule has 0 bridgehead atoms. The van der Waals surface area contributed by atoms with E-state index in [9.17, 15) is 5.11 Å². The molecular weight excluding hydrogens is 196 g/mol. The van der Waals surface area contributed by atoms with Crippen LogP contribution in [0.4, 0.5) is 11.6 Å². The summed E-state index contributed by atoms with van der Waals surface area (Å²) in [5.74, 6) is 1.17. The topological polar surface area (TPSA) is 84.5 Å². The van der Waals surface area contributed by atoms with Gasteiger partial charge in [-0.2, -0.15) is 0 Å². The SMILES string of the molecule is Nc1cc(N2CCOCC2CO)ncn1. The highest BCUT2D eigenvalue weighted by molar-refractivity contribution is 5.47. The molecule has 0 radical (unpaired) electrons. The van der Waals surface area contributed by atoms with Crippen molar-refractivity contribution in [3.63, 3.8) is 0 Å². The molecule has 0 aliphatic carbocycles. The summed E-state index contributed by atoms with van der Waals surface area (Å²) in [7, 11) is 0. The molecule has 1 aromatic heterocycles. The number of hydrogen-bond acceptors (Lipinski definition) is 6. The predicted molar refractivity (Wildman–Crippen MR) is 55.5 cm³/mol. The van der Waals surface area contributed by atoms with E-state index in [4.69, 9.17) is 10.5 Å². The monoisotopic (exact) mass is 210 g/mol. The zero-order valence-electron chi connectivity index (χ0n) is 8.33. The van der Waals surface area contributed by atoms with Crippen molar-refractivity contribution in [2.24, 2.45) is 0 Å². The van der Waals surface area contributed by atoms with Crippen molar-refractivity contribution in [2.75, 3.05) is 37.0 Å². The number of nitrogens with zero attached hydrogens (tertiary/aromatic N) is 3. The summed E-state index contributed by atoms with van der Waals surface area (Å²) in [6.45, 7) is 1.91. The third kappa shape index (κ3) is 2.16. The van der Waals surface area contributed by atoms with E-state index in [0.717, 1.165) is 5.82 Å². The maximum Gasteiger partial charge on any atom is 0.134 e. The summed E-state index contributed by atoms with van der Waals surface area (Å²) in [6.07, 6.45) is 1.43. The van der Waals surface area contributed by atoms with Gasteiger partial charge in [0.2, 0.25) is 0 Å². The molecule has 15 heavy (non-hydrogen) atoms. The first-order valence-corrected chi connectivity index (χ1v) is 4.84. The summed E-state index contributed by atoms with van der Waals surface area (Å²) in [6, 6.07) is 1.65. The average Bonchev–Trinajstić information content (AvgIpc) is 2.29. The summed E-state index contributed by atoms with van der Waals surface area (Å²) in [4.78, 5) is 9.95. The molecule has 0 saturated carbocycles. The van der Waals surface area contributed by atoms with Gasteiger partial charge in [0.25, 0.3) is 0 Å². The molecule has 1 unspecified atom stereocenters. The minimum atomic E-state index is -0.0481. The second kappa shape index (κ2) is 4.41. The second-order valence-corrected chi connectivity index (χ2v) is 3.41. The lowest BCUT2D eigenvalue weighted by molar-refractivity contribution is 0.0723. The standard InChI is InChI=1S/C9H14N4O2/c10-8-3-9(12-6-11-8)13-1-2-15-5-7(13)4-14/h3,6-7,14H,1-2,4-5H2,(H2,10,11,12). The fourth-order valence-corrected chi connectivity index (χ4v) is 1.63. The van der Waals surface area contributed by atoms with Gasteiger partial charge < -0.3 is 20.5 Å². The van der Waals surface area contributed by atoms with Crippen LogP contribution < -0.4 is 10.6 Å². The van der Waals surface area contributed by atoms with Gasteiger partial charge in [0.15, 0.2) is 0 Å². The molecule has 82 valence electrons. The van der Waals surface area contributed by atoms with Crippen molar-refractivity contribution in [1.29, 1.82) is 0 Å². The minimum Gasteiger partial charge on any atom is -0.394 e. The maximum absolute atomic E-state index is 9.20. The first-order chi connectivity index (χ1) is 7.31. The van der Waals surface area contributed by atoms with Crippen molar-refractivity contribution in [3.05, 3.63) is 12.4 Å². The van der Waals surface area contributed by atoms with Gasteiger partial charge in [0.1, 0.15) is 18.0 Å². The first kappa shape index (κ1) is 10.1. The molecule has 1 atom stereocenters. The van der Waals surface area contributed by atoms with Crippen molar-refractivity contribution in [1.82, 2.24) is 9.97 Å². The number of rotatable bonds is 2. The minimum absolute atomic E-state index is 0.0455. The Bertz CT molecular complexity index is 334. The summed E-state index contributed by atoms with van der Waals surface area (Å²) in [5.41, 5.74) is 5.58. The number of ether oxygens (including phenoxy) is 1. The lowest BCUT2D eigenvalue weighted by Gasteiger charge is -2.35. The maximum atomic E-state index is 9.20. The van der Waals surface area contributed by atoms with Crippen LogP contribution in [-0.4, -0.2) is 47.5 Å². The Kier molecular flexibility index (Phi) is 2.98. The molecule has 1 aromatic rings. The molecule has 0 spiro atoms. The van der Waals surface area contributed by atoms with Crippen molar-refractivity contribution >= 4 is 11.6 Å². The number of aliphatic hydroxyl groups is 1. The van der Waals surface area contributed by atoms with E-state index in [1.54, 1.807) is 6.07 Å². The van der Waals surface area contributed by atoms with E-state index in [1.165, 1.54) is 6.33 Å². The molecule has 3 N–H and O–H groups in total. The average molecular weight is 210 g/mol. The molecule has 0 aromatic carbocycles. The fourth-order valence-electron chi connectivity index (χ4n) is 1.63. The van der Waals surface area contributed by atoms with Crippen LogP contribution >= 0.6 is 0 Å². The highest BCUT2D eigenvalue weighted by Gasteiger charge is 2.23. The number of aliphatic hydroxyl groups excluding tert-OH is 1. The lowest BCUT2D eigenvalue weighted by atomic mass is 10.2. The molecule has 6 nitrogen and oxygen atoms in total. The summed E-state index contributed by atoms with van der Waals surface area (Å²) in [5, 5.41) is 9.20. The van der Waals surface area contributed by atoms with Gasteiger partial charge in [-0.15, -0.1) is 0 Å². The van der Waals surface area contributed by atoms with E-state index < -0.39 is 0 Å². The Balaban J connectivity index is 2.20. The Hall–Kier alpha value is -1.40. The van der Waals surface area contributed by atoms with Crippen LogP contribution in [-0.2, 0) is 4.74 Å². The zero-order valence-corrected chi connectivity index (χ0v) is 8.33. The quantitative estimate of drug-likeness (QED) is 0.668. The van der Waals surface area contributed by atoms with E-state index in [-0.39, 0.29) is 12.6 Å². The smallest absolute Gasteiger partial charge is 0.134 e. The molecule has 2 rings (SSSR count). The second-order valence-electron chi connectivity index (χ2n) is 3.41. The van der Waals surface area contributed by atoms with Crippen LogP contribution in [0.3, 0.4) is 0 Å². The molecular formula is C9H14N4O2. The molecule has 2 heterocycles. The number of nitrogen functional groups attached to an aromatic ring is 1. The molecule has 6 heteroatoms. The van der Waals surface area contributed by atoms with E-state index in [2.05, 4.69) is 9.97 Å². The third-order valence-electron chi connectivity index (χ3n) is 2.41. The molecule has 1 aliphatic rings. The molecule has 0 amide bonds. The molecule has 1 saturated heterocycles. The number of aromatic nitrogens is 2. The number of anilines is 2. The van der Waals surface area contributed by atoms with Gasteiger partial charge >= 0.3 is 0 Å². The van der Waals surface area contributed by atoms with E-state index >= 15 is 0 Å². The van der Waals surface area contributed by atoms with Crippen LogP contribution in [0.2, 0.25) is 0 Å². The van der Waals surface area contributed by atoms with Gasteiger partial charge in [-0.1, -0.05) is 0 Å². The zero-order chi connectivity index (χ0) is 10.7.